The third-order valence-corrected chi connectivity index (χ3v) is 3.96. The molecule has 0 aromatic carbocycles. The van der Waals surface area contributed by atoms with Gasteiger partial charge in [0.15, 0.2) is 11.0 Å². The molecule has 0 saturated heterocycles. The Labute approximate surface area is 124 Å². The molecule has 0 amide bonds. The van der Waals surface area contributed by atoms with Gasteiger partial charge in [-0.2, -0.15) is 0 Å². The maximum absolute atomic E-state index is 5.94. The normalized spacial score (nSPS) is 11.8. The van der Waals surface area contributed by atoms with Crippen LogP contribution in [0.25, 0.3) is 0 Å². The van der Waals surface area contributed by atoms with Crippen LogP contribution in [0.3, 0.4) is 0 Å². The van der Waals surface area contributed by atoms with Gasteiger partial charge in [-0.3, -0.25) is 0 Å². The number of hydrogen-bond donors (Lipinski definition) is 0. The molecule has 0 fully saturated rings. The minimum Gasteiger partial charge on any atom is -0.354 e. The van der Waals surface area contributed by atoms with Gasteiger partial charge in [-0.25, -0.2) is 9.97 Å². The highest BCUT2D eigenvalue weighted by Crippen LogP contribution is 2.27. The van der Waals surface area contributed by atoms with Gasteiger partial charge >= 0.3 is 0 Å². The summed E-state index contributed by atoms with van der Waals surface area (Å²) in [7, 11) is 1.96. The molecular formula is C11H14Br2ClN3. The summed E-state index contributed by atoms with van der Waals surface area (Å²) in [6, 6.07) is 0. The van der Waals surface area contributed by atoms with Crippen molar-refractivity contribution in [1.82, 2.24) is 9.97 Å². The molecular weight excluding hydrogens is 369 g/mol. The summed E-state index contributed by atoms with van der Waals surface area (Å²) < 4.78 is 1.22. The number of nitrogens with zero attached hydrogens (tertiary/aromatic N) is 3. The molecule has 0 unspecified atom stereocenters. The quantitative estimate of drug-likeness (QED) is 0.720. The Balaban J connectivity index is 2.89. The first-order valence-corrected chi connectivity index (χ1v) is 7.17. The van der Waals surface area contributed by atoms with E-state index in [1.807, 2.05) is 11.9 Å². The molecule has 0 aliphatic heterocycles. The Morgan fingerprint density at radius 2 is 2.00 bits per heavy atom. The van der Waals surface area contributed by atoms with E-state index in [0.29, 0.717) is 14.4 Å². The van der Waals surface area contributed by atoms with Crippen molar-refractivity contribution >= 4 is 49.3 Å². The van der Waals surface area contributed by atoms with Gasteiger partial charge in [0.05, 0.1) is 0 Å². The average Bonchev–Trinajstić information content (AvgIpc) is 2.30. The number of rotatable bonds is 4. The predicted molar refractivity (Wildman–Crippen MR) is 79.8 cm³/mol. The van der Waals surface area contributed by atoms with E-state index in [9.17, 15) is 0 Å². The van der Waals surface area contributed by atoms with Crippen LogP contribution in [0.4, 0.5) is 5.82 Å². The first kappa shape index (κ1) is 14.9. The summed E-state index contributed by atoms with van der Waals surface area (Å²) in [5.41, 5.74) is 1.35. The van der Waals surface area contributed by atoms with Crippen LogP contribution in [0.2, 0.25) is 5.15 Å². The second kappa shape index (κ2) is 6.71. The molecule has 0 aliphatic rings. The van der Waals surface area contributed by atoms with Crippen molar-refractivity contribution in [3.05, 3.63) is 26.0 Å². The van der Waals surface area contributed by atoms with Crippen LogP contribution in [-0.2, 0) is 0 Å². The Bertz CT molecular complexity index is 435. The number of halogens is 3. The second-order valence-electron chi connectivity index (χ2n) is 3.70. The summed E-state index contributed by atoms with van der Waals surface area (Å²) in [5.74, 6) is 0.735. The molecule has 1 aromatic rings. The van der Waals surface area contributed by atoms with Crippen LogP contribution in [0.5, 0.6) is 0 Å². The van der Waals surface area contributed by atoms with Crippen LogP contribution in [-0.4, -0.2) is 23.6 Å². The highest BCUT2D eigenvalue weighted by molar-refractivity contribution is 9.11. The molecule has 1 rings (SSSR count). The molecule has 17 heavy (non-hydrogen) atoms. The minimum atomic E-state index is 0.367. The van der Waals surface area contributed by atoms with E-state index in [1.54, 1.807) is 0 Å². The van der Waals surface area contributed by atoms with Gasteiger partial charge in [0, 0.05) is 13.6 Å². The van der Waals surface area contributed by atoms with Gasteiger partial charge in [0.1, 0.15) is 9.21 Å². The lowest BCUT2D eigenvalue weighted by molar-refractivity contribution is 0.943. The number of allylic oxidation sites excluding steroid dienone is 1. The number of aromatic nitrogens is 2. The summed E-state index contributed by atoms with van der Waals surface area (Å²) in [6.45, 7) is 5.03. The first-order chi connectivity index (χ1) is 7.95. The summed E-state index contributed by atoms with van der Waals surface area (Å²) in [6.07, 6.45) is 3.23. The molecule has 6 heteroatoms. The topological polar surface area (TPSA) is 29.0 Å². The van der Waals surface area contributed by atoms with Crippen molar-refractivity contribution in [1.29, 1.82) is 0 Å². The van der Waals surface area contributed by atoms with Gasteiger partial charge < -0.3 is 4.90 Å². The molecule has 0 aliphatic carbocycles. The maximum atomic E-state index is 5.94. The van der Waals surface area contributed by atoms with Crippen LogP contribution in [0.1, 0.15) is 20.3 Å². The van der Waals surface area contributed by atoms with Crippen LogP contribution >= 0.6 is 43.5 Å². The molecule has 94 valence electrons. The van der Waals surface area contributed by atoms with E-state index < -0.39 is 0 Å². The molecule has 0 saturated carbocycles. The first-order valence-electron chi connectivity index (χ1n) is 5.21. The zero-order valence-corrected chi connectivity index (χ0v) is 13.9. The van der Waals surface area contributed by atoms with Crippen molar-refractivity contribution in [2.24, 2.45) is 0 Å². The number of likely N-dealkylation sites (N-methyl/N-ethyl adjacent to an activating group) is 1. The molecule has 0 spiro atoms. The molecule has 0 atom stereocenters. The lowest BCUT2D eigenvalue weighted by Gasteiger charge is -2.18. The van der Waals surface area contributed by atoms with E-state index in [1.165, 1.54) is 5.57 Å². The monoisotopic (exact) mass is 381 g/mol. The fourth-order valence-electron chi connectivity index (χ4n) is 1.13. The van der Waals surface area contributed by atoms with Crippen molar-refractivity contribution in [3.63, 3.8) is 0 Å². The lowest BCUT2D eigenvalue weighted by Crippen LogP contribution is -2.19. The molecule has 0 bridgehead atoms. The highest BCUT2D eigenvalue weighted by atomic mass is 79.9. The summed E-state index contributed by atoms with van der Waals surface area (Å²) in [4.78, 5) is 10.5. The van der Waals surface area contributed by atoms with Crippen LogP contribution in [0.15, 0.2) is 20.9 Å². The molecule has 0 radical (unpaired) electrons. The SMILES string of the molecule is CC/C(C)=C/CN(C)c1nc(Cl)c(Br)nc1Br. The molecule has 3 nitrogen and oxygen atoms in total. The largest absolute Gasteiger partial charge is 0.354 e. The smallest absolute Gasteiger partial charge is 0.164 e. The Morgan fingerprint density at radius 3 is 2.59 bits per heavy atom. The highest BCUT2D eigenvalue weighted by Gasteiger charge is 2.11. The molecule has 1 heterocycles. The van der Waals surface area contributed by atoms with Gasteiger partial charge in [0.2, 0.25) is 0 Å². The zero-order valence-electron chi connectivity index (χ0n) is 9.97. The average molecular weight is 384 g/mol. The third-order valence-electron chi connectivity index (χ3n) is 2.39. The molecule has 1 aromatic heterocycles. The minimum absolute atomic E-state index is 0.367. The van der Waals surface area contributed by atoms with Gasteiger partial charge in [0.25, 0.3) is 0 Å². The van der Waals surface area contributed by atoms with Crippen molar-refractivity contribution < 1.29 is 0 Å². The van der Waals surface area contributed by atoms with E-state index >= 15 is 0 Å². The van der Waals surface area contributed by atoms with Gasteiger partial charge in [-0.1, -0.05) is 30.2 Å². The van der Waals surface area contributed by atoms with Crippen LogP contribution < -0.4 is 4.90 Å². The Hall–Kier alpha value is -0.130. The fourth-order valence-corrected chi connectivity index (χ4v) is 2.33. The fraction of sp³-hybridized carbons (Fsp3) is 0.455. The summed E-state index contributed by atoms with van der Waals surface area (Å²) in [5, 5.41) is 0.367. The van der Waals surface area contributed by atoms with Crippen LogP contribution in [0, 0.1) is 0 Å². The number of hydrogen-bond acceptors (Lipinski definition) is 3. The van der Waals surface area contributed by atoms with Crippen molar-refractivity contribution in [3.8, 4) is 0 Å². The van der Waals surface area contributed by atoms with E-state index in [0.717, 1.165) is 18.8 Å². The van der Waals surface area contributed by atoms with Crippen molar-refractivity contribution in [2.45, 2.75) is 20.3 Å². The maximum Gasteiger partial charge on any atom is 0.164 e. The van der Waals surface area contributed by atoms with E-state index in [-0.39, 0.29) is 0 Å². The van der Waals surface area contributed by atoms with Crippen molar-refractivity contribution in [2.75, 3.05) is 18.5 Å². The molecule has 0 N–H and O–H groups in total. The third kappa shape index (κ3) is 4.23. The van der Waals surface area contributed by atoms with Gasteiger partial charge in [-0.15, -0.1) is 0 Å². The summed E-state index contributed by atoms with van der Waals surface area (Å²) >= 11 is 12.6. The second-order valence-corrected chi connectivity index (χ2v) is 5.56. The standard InChI is InChI=1S/C11H14Br2ClN3/c1-4-7(2)5-6-17(3)11-9(13)15-8(12)10(14)16-11/h5H,4,6H2,1-3H3/b7-5+. The van der Waals surface area contributed by atoms with E-state index in [4.69, 9.17) is 11.6 Å². The lowest BCUT2D eigenvalue weighted by atomic mass is 10.2. The Morgan fingerprint density at radius 1 is 1.35 bits per heavy atom. The Kier molecular flexibility index (Phi) is 5.89. The van der Waals surface area contributed by atoms with E-state index in [2.05, 4.69) is 61.8 Å². The predicted octanol–water partition coefficient (Wildman–Crippen LogP) is 4.45. The van der Waals surface area contributed by atoms with Gasteiger partial charge in [-0.05, 0) is 45.2 Å². The number of anilines is 1. The zero-order chi connectivity index (χ0) is 13.0.